The molecule has 0 aromatic heterocycles. The number of sulfonamides is 1. The SMILES string of the molecule is C=CCN(CC)S(=O)(=O)c1cc(Cl)cc(N)c1F. The van der Waals surface area contributed by atoms with Gasteiger partial charge in [-0.05, 0) is 12.1 Å². The number of anilines is 1. The van der Waals surface area contributed by atoms with Gasteiger partial charge < -0.3 is 5.73 Å². The average molecular weight is 293 g/mol. The Hall–Kier alpha value is -1.11. The maximum Gasteiger partial charge on any atom is 0.246 e. The average Bonchev–Trinajstić information content (AvgIpc) is 2.30. The summed E-state index contributed by atoms with van der Waals surface area (Å²) in [5.74, 6) is -0.984. The van der Waals surface area contributed by atoms with Crippen LogP contribution in [0.5, 0.6) is 0 Å². The van der Waals surface area contributed by atoms with Crippen molar-refractivity contribution in [2.45, 2.75) is 11.8 Å². The molecule has 0 saturated carbocycles. The van der Waals surface area contributed by atoms with E-state index < -0.39 is 20.7 Å². The predicted molar refractivity (Wildman–Crippen MR) is 70.5 cm³/mol. The summed E-state index contributed by atoms with van der Waals surface area (Å²) < 4.78 is 39.3. The number of benzene rings is 1. The number of likely N-dealkylation sites (N-methyl/N-ethyl adjacent to an activating group) is 1. The summed E-state index contributed by atoms with van der Waals surface area (Å²) in [5, 5.41) is 0.0714. The molecule has 0 fully saturated rings. The molecule has 0 unspecified atom stereocenters. The lowest BCUT2D eigenvalue weighted by Crippen LogP contribution is -2.31. The van der Waals surface area contributed by atoms with Gasteiger partial charge in [-0.25, -0.2) is 12.8 Å². The number of nitrogens with two attached hydrogens (primary N) is 1. The smallest absolute Gasteiger partial charge is 0.246 e. The molecule has 0 atom stereocenters. The molecule has 0 heterocycles. The second kappa shape index (κ2) is 5.69. The second-order valence-corrected chi connectivity index (χ2v) is 5.89. The summed E-state index contributed by atoms with van der Waals surface area (Å²) in [6.45, 7) is 5.39. The number of hydrogen-bond donors (Lipinski definition) is 1. The summed E-state index contributed by atoms with van der Waals surface area (Å²) in [4.78, 5) is -0.517. The number of rotatable bonds is 5. The quantitative estimate of drug-likeness (QED) is 0.669. The third kappa shape index (κ3) is 2.82. The van der Waals surface area contributed by atoms with Crippen molar-refractivity contribution in [2.75, 3.05) is 18.8 Å². The molecule has 2 N–H and O–H groups in total. The first-order chi connectivity index (χ1) is 8.34. The van der Waals surface area contributed by atoms with Crippen molar-refractivity contribution in [1.82, 2.24) is 4.31 Å². The molecule has 0 spiro atoms. The van der Waals surface area contributed by atoms with E-state index in [1.54, 1.807) is 6.92 Å². The third-order valence-corrected chi connectivity index (χ3v) is 4.49. The van der Waals surface area contributed by atoms with Crippen LogP contribution in [0.3, 0.4) is 0 Å². The first-order valence-electron chi connectivity index (χ1n) is 5.20. The lowest BCUT2D eigenvalue weighted by atomic mass is 10.3. The molecule has 0 aliphatic rings. The van der Waals surface area contributed by atoms with E-state index in [4.69, 9.17) is 17.3 Å². The van der Waals surface area contributed by atoms with Crippen LogP contribution in [0.25, 0.3) is 0 Å². The number of halogens is 2. The van der Waals surface area contributed by atoms with Crippen LogP contribution >= 0.6 is 11.6 Å². The highest BCUT2D eigenvalue weighted by molar-refractivity contribution is 7.89. The summed E-state index contributed by atoms with van der Waals surface area (Å²) >= 11 is 5.70. The molecule has 0 aliphatic heterocycles. The molecule has 1 rings (SSSR count). The van der Waals surface area contributed by atoms with Crippen molar-refractivity contribution in [3.05, 3.63) is 35.6 Å². The van der Waals surface area contributed by atoms with Crippen molar-refractivity contribution in [3.63, 3.8) is 0 Å². The maximum absolute atomic E-state index is 13.8. The lowest BCUT2D eigenvalue weighted by Gasteiger charge is -2.19. The third-order valence-electron chi connectivity index (χ3n) is 2.34. The van der Waals surface area contributed by atoms with Crippen LogP contribution in [-0.4, -0.2) is 25.8 Å². The van der Waals surface area contributed by atoms with Crippen LogP contribution in [0.1, 0.15) is 6.92 Å². The zero-order valence-corrected chi connectivity index (χ0v) is 11.4. The summed E-state index contributed by atoms with van der Waals surface area (Å²) in [5.41, 5.74) is 5.08. The normalized spacial score (nSPS) is 11.8. The van der Waals surface area contributed by atoms with Crippen LogP contribution in [0.15, 0.2) is 29.7 Å². The van der Waals surface area contributed by atoms with Gasteiger partial charge in [0.25, 0.3) is 0 Å². The highest BCUT2D eigenvalue weighted by Crippen LogP contribution is 2.27. The lowest BCUT2D eigenvalue weighted by molar-refractivity contribution is 0.454. The van der Waals surface area contributed by atoms with Crippen LogP contribution in [0.4, 0.5) is 10.1 Å². The van der Waals surface area contributed by atoms with Gasteiger partial charge in [-0.3, -0.25) is 0 Å². The molecule has 0 bridgehead atoms. The summed E-state index contributed by atoms with van der Waals surface area (Å²) in [7, 11) is -3.97. The number of nitrogen functional groups attached to an aromatic ring is 1. The topological polar surface area (TPSA) is 63.4 Å². The zero-order chi connectivity index (χ0) is 13.9. The van der Waals surface area contributed by atoms with E-state index >= 15 is 0 Å². The molecule has 100 valence electrons. The van der Waals surface area contributed by atoms with E-state index in [0.29, 0.717) is 0 Å². The van der Waals surface area contributed by atoms with Gasteiger partial charge >= 0.3 is 0 Å². The van der Waals surface area contributed by atoms with Crippen LogP contribution in [0, 0.1) is 5.82 Å². The fourth-order valence-electron chi connectivity index (χ4n) is 1.45. The fraction of sp³-hybridized carbons (Fsp3) is 0.273. The Morgan fingerprint density at radius 2 is 2.17 bits per heavy atom. The van der Waals surface area contributed by atoms with Gasteiger partial charge in [-0.2, -0.15) is 4.31 Å². The summed E-state index contributed by atoms with van der Waals surface area (Å²) in [6.07, 6.45) is 1.42. The van der Waals surface area contributed by atoms with Gasteiger partial charge in [0.15, 0.2) is 5.82 Å². The van der Waals surface area contributed by atoms with E-state index in [0.717, 1.165) is 10.4 Å². The Morgan fingerprint density at radius 3 is 2.67 bits per heavy atom. The second-order valence-electron chi connectivity index (χ2n) is 3.55. The minimum atomic E-state index is -3.97. The van der Waals surface area contributed by atoms with Crippen LogP contribution < -0.4 is 5.73 Å². The molecular formula is C11H14ClFN2O2S. The zero-order valence-electron chi connectivity index (χ0n) is 9.86. The molecule has 0 radical (unpaired) electrons. The maximum atomic E-state index is 13.8. The van der Waals surface area contributed by atoms with Crippen molar-refractivity contribution in [2.24, 2.45) is 0 Å². The molecule has 0 aliphatic carbocycles. The molecule has 0 amide bonds. The molecule has 1 aromatic carbocycles. The minimum absolute atomic E-state index is 0.0714. The van der Waals surface area contributed by atoms with Gasteiger partial charge in [-0.15, -0.1) is 6.58 Å². The monoisotopic (exact) mass is 292 g/mol. The molecule has 4 nitrogen and oxygen atoms in total. The van der Waals surface area contributed by atoms with Gasteiger partial charge in [0.05, 0.1) is 5.69 Å². The van der Waals surface area contributed by atoms with Gasteiger partial charge in [-0.1, -0.05) is 24.6 Å². The molecule has 1 aromatic rings. The van der Waals surface area contributed by atoms with E-state index in [2.05, 4.69) is 6.58 Å². The van der Waals surface area contributed by atoms with E-state index in [1.165, 1.54) is 12.1 Å². The Kier molecular flexibility index (Phi) is 4.72. The highest BCUT2D eigenvalue weighted by atomic mass is 35.5. The molecule has 0 saturated heterocycles. The summed E-state index contributed by atoms with van der Waals surface area (Å²) in [6, 6.07) is 2.22. The predicted octanol–water partition coefficient (Wildman–Crippen LogP) is 2.26. The Labute approximate surface area is 111 Å². The molecule has 7 heteroatoms. The van der Waals surface area contributed by atoms with Crippen molar-refractivity contribution in [3.8, 4) is 0 Å². The van der Waals surface area contributed by atoms with Crippen molar-refractivity contribution < 1.29 is 12.8 Å². The molecular weight excluding hydrogens is 279 g/mol. The first kappa shape index (κ1) is 14.9. The Bertz CT molecular complexity index is 560. The minimum Gasteiger partial charge on any atom is -0.396 e. The Morgan fingerprint density at radius 1 is 1.56 bits per heavy atom. The van der Waals surface area contributed by atoms with E-state index in [-0.39, 0.29) is 23.8 Å². The number of hydrogen-bond acceptors (Lipinski definition) is 3. The van der Waals surface area contributed by atoms with Crippen LogP contribution in [0.2, 0.25) is 5.02 Å². The fourth-order valence-corrected chi connectivity index (χ4v) is 3.28. The first-order valence-corrected chi connectivity index (χ1v) is 7.02. The highest BCUT2D eigenvalue weighted by Gasteiger charge is 2.27. The van der Waals surface area contributed by atoms with Crippen LogP contribution in [-0.2, 0) is 10.0 Å². The van der Waals surface area contributed by atoms with Gasteiger partial charge in [0.1, 0.15) is 4.90 Å². The standard InChI is InChI=1S/C11H14ClFN2O2S/c1-3-5-15(4-2)18(16,17)10-7-8(12)6-9(14)11(10)13/h3,6-7H,1,4-5,14H2,2H3. The van der Waals surface area contributed by atoms with E-state index in [9.17, 15) is 12.8 Å². The Balaban J connectivity index is 3.40. The van der Waals surface area contributed by atoms with Crippen molar-refractivity contribution >= 4 is 27.3 Å². The molecule has 18 heavy (non-hydrogen) atoms. The van der Waals surface area contributed by atoms with E-state index in [1.807, 2.05) is 0 Å². The van der Waals surface area contributed by atoms with Gasteiger partial charge in [0.2, 0.25) is 10.0 Å². The number of nitrogens with zero attached hydrogens (tertiary/aromatic N) is 1. The van der Waals surface area contributed by atoms with Gasteiger partial charge in [0, 0.05) is 18.1 Å². The van der Waals surface area contributed by atoms with Crippen molar-refractivity contribution in [1.29, 1.82) is 0 Å². The largest absolute Gasteiger partial charge is 0.396 e.